The van der Waals surface area contributed by atoms with Gasteiger partial charge in [-0.15, -0.1) is 0 Å². The van der Waals surface area contributed by atoms with Gasteiger partial charge in [0.05, 0.1) is 28.6 Å². The third-order valence-electron chi connectivity index (χ3n) is 6.74. The molecule has 36 heavy (non-hydrogen) atoms. The Morgan fingerprint density at radius 3 is 2.67 bits per heavy atom. The molecular formula is C28H26F2N6. The second-order valence-electron chi connectivity index (χ2n) is 9.16. The second-order valence-corrected chi connectivity index (χ2v) is 9.16. The predicted molar refractivity (Wildman–Crippen MR) is 137 cm³/mol. The summed E-state index contributed by atoms with van der Waals surface area (Å²) < 4.78 is 32.1. The lowest BCUT2D eigenvalue weighted by Crippen LogP contribution is -2.14. The standard InChI is InChI=1S/C28H26F2N6/c1-2-13-31-28-32-14-11-23(33-28)27-26(19-4-6-20(29)7-5-19)34-25-10-9-22(36(25)27)17-35-15-12-18-3-8-21(30)16-24(18)35/h3-8,11-12,14-16,22H,2,9-10,13,17H2,1H3,(H,31,32,33)/t22-/m0/s1. The molecule has 0 aliphatic carbocycles. The zero-order valence-corrected chi connectivity index (χ0v) is 20.0. The fourth-order valence-electron chi connectivity index (χ4n) is 5.06. The molecule has 0 saturated carbocycles. The molecule has 0 spiro atoms. The van der Waals surface area contributed by atoms with Crippen molar-refractivity contribution in [3.05, 3.63) is 84.4 Å². The zero-order chi connectivity index (χ0) is 24.6. The Morgan fingerprint density at radius 2 is 1.83 bits per heavy atom. The van der Waals surface area contributed by atoms with Gasteiger partial charge in [0.25, 0.3) is 0 Å². The van der Waals surface area contributed by atoms with E-state index >= 15 is 0 Å². The van der Waals surface area contributed by atoms with E-state index < -0.39 is 0 Å². The Labute approximate surface area is 207 Å². The van der Waals surface area contributed by atoms with Gasteiger partial charge < -0.3 is 14.5 Å². The molecule has 5 aromatic rings. The molecule has 6 nitrogen and oxygen atoms in total. The maximum absolute atomic E-state index is 14.0. The molecular weight excluding hydrogens is 458 g/mol. The van der Waals surface area contributed by atoms with Crippen LogP contribution in [0.5, 0.6) is 0 Å². The van der Waals surface area contributed by atoms with Crippen molar-refractivity contribution < 1.29 is 8.78 Å². The van der Waals surface area contributed by atoms with E-state index in [4.69, 9.17) is 9.97 Å². The zero-order valence-electron chi connectivity index (χ0n) is 20.0. The number of benzene rings is 2. The second kappa shape index (κ2) is 9.18. The first-order valence-electron chi connectivity index (χ1n) is 12.3. The molecule has 6 rings (SSSR count). The van der Waals surface area contributed by atoms with Crippen molar-refractivity contribution in [1.29, 1.82) is 0 Å². The minimum Gasteiger partial charge on any atom is -0.354 e. The van der Waals surface area contributed by atoms with Crippen LogP contribution in [0.1, 0.15) is 31.6 Å². The summed E-state index contributed by atoms with van der Waals surface area (Å²) in [5.41, 5.74) is 4.14. The number of fused-ring (bicyclic) bond motifs is 2. The fourth-order valence-corrected chi connectivity index (χ4v) is 5.06. The van der Waals surface area contributed by atoms with Gasteiger partial charge in [-0.25, -0.2) is 23.7 Å². The molecule has 0 radical (unpaired) electrons. The van der Waals surface area contributed by atoms with E-state index in [0.29, 0.717) is 12.5 Å². The number of halogens is 2. The molecule has 0 saturated heterocycles. The monoisotopic (exact) mass is 484 g/mol. The minimum atomic E-state index is -0.287. The highest BCUT2D eigenvalue weighted by Crippen LogP contribution is 2.40. The minimum absolute atomic E-state index is 0.109. The van der Waals surface area contributed by atoms with Crippen LogP contribution in [-0.2, 0) is 13.0 Å². The third kappa shape index (κ3) is 4.02. The summed E-state index contributed by atoms with van der Waals surface area (Å²) in [6.07, 6.45) is 6.46. The van der Waals surface area contributed by atoms with E-state index in [0.717, 1.165) is 65.2 Å². The molecule has 1 N–H and O–H groups in total. The summed E-state index contributed by atoms with van der Waals surface area (Å²) in [4.78, 5) is 14.2. The number of imidazole rings is 1. The molecule has 4 heterocycles. The number of hydrogen-bond donors (Lipinski definition) is 1. The Kier molecular flexibility index (Phi) is 5.71. The van der Waals surface area contributed by atoms with Gasteiger partial charge >= 0.3 is 0 Å². The van der Waals surface area contributed by atoms with Gasteiger partial charge in [-0.05, 0) is 72.8 Å². The number of rotatable bonds is 7. The van der Waals surface area contributed by atoms with Crippen LogP contribution in [0, 0.1) is 11.6 Å². The van der Waals surface area contributed by atoms with E-state index in [9.17, 15) is 8.78 Å². The van der Waals surface area contributed by atoms with Crippen LogP contribution < -0.4 is 5.32 Å². The largest absolute Gasteiger partial charge is 0.354 e. The van der Waals surface area contributed by atoms with Crippen LogP contribution in [0.15, 0.2) is 67.0 Å². The summed E-state index contributed by atoms with van der Waals surface area (Å²) in [5, 5.41) is 4.27. The highest BCUT2D eigenvalue weighted by atomic mass is 19.1. The molecule has 1 aliphatic rings. The van der Waals surface area contributed by atoms with Crippen molar-refractivity contribution in [3.8, 4) is 22.6 Å². The van der Waals surface area contributed by atoms with Crippen molar-refractivity contribution in [2.75, 3.05) is 11.9 Å². The lowest BCUT2D eigenvalue weighted by molar-refractivity contribution is 0.459. The summed E-state index contributed by atoms with van der Waals surface area (Å²) >= 11 is 0. The summed E-state index contributed by atoms with van der Waals surface area (Å²) in [5.74, 6) is 1.00. The number of hydrogen-bond acceptors (Lipinski definition) is 4. The molecule has 0 amide bonds. The van der Waals surface area contributed by atoms with Crippen molar-refractivity contribution in [3.63, 3.8) is 0 Å². The molecule has 3 aromatic heterocycles. The third-order valence-corrected chi connectivity index (χ3v) is 6.74. The van der Waals surface area contributed by atoms with Crippen molar-refractivity contribution in [2.45, 2.75) is 38.8 Å². The lowest BCUT2D eigenvalue weighted by atomic mass is 10.1. The molecule has 0 bridgehead atoms. The molecule has 1 aliphatic heterocycles. The highest BCUT2D eigenvalue weighted by Gasteiger charge is 2.31. The van der Waals surface area contributed by atoms with Gasteiger partial charge in [0.1, 0.15) is 17.5 Å². The van der Waals surface area contributed by atoms with Gasteiger partial charge in [0.15, 0.2) is 0 Å². The van der Waals surface area contributed by atoms with Crippen molar-refractivity contribution >= 4 is 16.9 Å². The van der Waals surface area contributed by atoms with Gasteiger partial charge in [-0.1, -0.05) is 6.92 Å². The van der Waals surface area contributed by atoms with Crippen LogP contribution in [-0.4, -0.2) is 30.6 Å². The summed E-state index contributed by atoms with van der Waals surface area (Å²) in [6.45, 7) is 3.55. The van der Waals surface area contributed by atoms with Gasteiger partial charge in [-0.2, -0.15) is 0 Å². The van der Waals surface area contributed by atoms with Gasteiger partial charge in [0, 0.05) is 37.5 Å². The first-order valence-corrected chi connectivity index (χ1v) is 12.3. The SMILES string of the molecule is CCCNc1nccc(-c2c(-c3ccc(F)cc3)nc3n2[C@H](Cn2ccc4ccc(F)cc42)CC3)n1. The Bertz CT molecular complexity index is 1540. The molecule has 2 aromatic carbocycles. The molecule has 0 fully saturated rings. The molecule has 8 heteroatoms. The summed E-state index contributed by atoms with van der Waals surface area (Å²) in [6, 6.07) is 15.3. The number of aryl methyl sites for hydroxylation is 1. The predicted octanol–water partition coefficient (Wildman–Crippen LogP) is 6.25. The Hall–Kier alpha value is -4.07. The summed E-state index contributed by atoms with van der Waals surface area (Å²) in [7, 11) is 0. The number of aromatic nitrogens is 5. The van der Waals surface area contributed by atoms with Crippen LogP contribution in [0.3, 0.4) is 0 Å². The van der Waals surface area contributed by atoms with Crippen LogP contribution >= 0.6 is 0 Å². The highest BCUT2D eigenvalue weighted by molar-refractivity contribution is 5.80. The first-order chi connectivity index (χ1) is 17.6. The fraction of sp³-hybridized carbons (Fsp3) is 0.250. The maximum Gasteiger partial charge on any atom is 0.223 e. The number of nitrogens with one attached hydrogen (secondary N) is 1. The Balaban J connectivity index is 1.46. The van der Waals surface area contributed by atoms with E-state index in [1.807, 2.05) is 24.4 Å². The van der Waals surface area contributed by atoms with E-state index in [1.165, 1.54) is 18.2 Å². The smallest absolute Gasteiger partial charge is 0.223 e. The first kappa shape index (κ1) is 22.4. The number of nitrogens with zero attached hydrogens (tertiary/aromatic N) is 5. The van der Waals surface area contributed by atoms with Crippen LogP contribution in [0.25, 0.3) is 33.5 Å². The topological polar surface area (TPSA) is 60.6 Å². The van der Waals surface area contributed by atoms with E-state index in [2.05, 4.69) is 26.4 Å². The molecule has 1 atom stereocenters. The number of anilines is 1. The van der Waals surface area contributed by atoms with Crippen LogP contribution in [0.2, 0.25) is 0 Å². The van der Waals surface area contributed by atoms with E-state index in [-0.39, 0.29) is 17.7 Å². The van der Waals surface area contributed by atoms with Crippen LogP contribution in [0.4, 0.5) is 14.7 Å². The average Bonchev–Trinajstić information content (AvgIpc) is 3.58. The average molecular weight is 485 g/mol. The van der Waals surface area contributed by atoms with Crippen molar-refractivity contribution in [1.82, 2.24) is 24.1 Å². The van der Waals surface area contributed by atoms with Gasteiger partial charge in [-0.3, -0.25) is 0 Å². The van der Waals surface area contributed by atoms with Crippen molar-refractivity contribution in [2.24, 2.45) is 0 Å². The maximum atomic E-state index is 14.0. The molecule has 0 unspecified atom stereocenters. The lowest BCUT2D eigenvalue weighted by Gasteiger charge is -2.19. The quantitative estimate of drug-likeness (QED) is 0.297. The Morgan fingerprint density at radius 1 is 1.00 bits per heavy atom. The molecule has 182 valence electrons. The van der Waals surface area contributed by atoms with E-state index in [1.54, 1.807) is 24.4 Å². The van der Waals surface area contributed by atoms with Gasteiger partial charge in [0.2, 0.25) is 5.95 Å². The normalized spacial score (nSPS) is 14.9.